The fourth-order valence-electron chi connectivity index (χ4n) is 3.60. The number of nitrogens with zero attached hydrogens (tertiary/aromatic N) is 1. The highest BCUT2D eigenvalue weighted by molar-refractivity contribution is 7.92. The van der Waals surface area contributed by atoms with Gasteiger partial charge in [-0.1, -0.05) is 35.9 Å². The van der Waals surface area contributed by atoms with Crippen molar-refractivity contribution in [1.82, 2.24) is 5.32 Å². The fraction of sp³-hybridized carbons (Fsp3) is 0.208. The van der Waals surface area contributed by atoms with Crippen LogP contribution in [0, 0.1) is 0 Å². The van der Waals surface area contributed by atoms with Crippen LogP contribution in [-0.4, -0.2) is 41.2 Å². The molecular weight excluding hydrogens is 480 g/mol. The number of benzene rings is 3. The molecule has 0 aromatic heterocycles. The summed E-state index contributed by atoms with van der Waals surface area (Å²) in [5.41, 5.74) is 1.06. The zero-order valence-corrected chi connectivity index (χ0v) is 20.1. The van der Waals surface area contributed by atoms with Crippen LogP contribution in [-0.2, 0) is 21.4 Å². The third-order valence-corrected chi connectivity index (χ3v) is 7.36. The zero-order chi connectivity index (χ0) is 24.3. The summed E-state index contributed by atoms with van der Waals surface area (Å²) >= 11 is 6.13. The Morgan fingerprint density at radius 1 is 1.06 bits per heavy atom. The Morgan fingerprint density at radius 2 is 1.79 bits per heavy atom. The molecule has 1 amide bonds. The number of methoxy groups -OCH3 is 2. The van der Waals surface area contributed by atoms with Crippen molar-refractivity contribution < 1.29 is 27.4 Å². The highest BCUT2D eigenvalue weighted by Crippen LogP contribution is 2.39. The predicted octanol–water partition coefficient (Wildman–Crippen LogP) is 3.63. The molecule has 4 rings (SSSR count). The zero-order valence-electron chi connectivity index (χ0n) is 18.5. The summed E-state index contributed by atoms with van der Waals surface area (Å²) in [6.07, 6.45) is -1.06. The Balaban J connectivity index is 1.58. The Morgan fingerprint density at radius 3 is 2.50 bits per heavy atom. The van der Waals surface area contributed by atoms with E-state index in [-0.39, 0.29) is 29.4 Å². The third kappa shape index (κ3) is 4.76. The van der Waals surface area contributed by atoms with E-state index in [0.29, 0.717) is 16.5 Å². The van der Waals surface area contributed by atoms with E-state index in [4.69, 9.17) is 25.8 Å². The van der Waals surface area contributed by atoms with Crippen molar-refractivity contribution in [3.05, 3.63) is 77.3 Å². The molecule has 1 aliphatic heterocycles. The van der Waals surface area contributed by atoms with Gasteiger partial charge in [0.25, 0.3) is 15.9 Å². The van der Waals surface area contributed by atoms with E-state index in [1.54, 1.807) is 55.6 Å². The van der Waals surface area contributed by atoms with Crippen LogP contribution < -0.4 is 23.8 Å². The van der Waals surface area contributed by atoms with Crippen molar-refractivity contribution in [2.45, 2.75) is 17.5 Å². The van der Waals surface area contributed by atoms with Gasteiger partial charge in [0.1, 0.15) is 5.75 Å². The quantitative estimate of drug-likeness (QED) is 0.530. The van der Waals surface area contributed by atoms with Crippen molar-refractivity contribution in [3.8, 4) is 17.2 Å². The Hall–Kier alpha value is -3.43. The second-order valence-corrected chi connectivity index (χ2v) is 9.77. The number of hydrogen-bond acceptors (Lipinski definition) is 6. The lowest BCUT2D eigenvalue weighted by molar-refractivity contribution is -0.127. The summed E-state index contributed by atoms with van der Waals surface area (Å²) in [5, 5.41) is 3.16. The number of amides is 1. The fourth-order valence-corrected chi connectivity index (χ4v) is 5.26. The summed E-state index contributed by atoms with van der Waals surface area (Å²) in [7, 11) is -0.887. The molecule has 1 atom stereocenters. The molecular formula is C24H23ClN2O6S. The first-order valence-electron chi connectivity index (χ1n) is 10.4. The number of hydrogen-bond donors (Lipinski definition) is 1. The lowest BCUT2D eigenvalue weighted by atomic mass is 10.2. The van der Waals surface area contributed by atoms with Gasteiger partial charge >= 0.3 is 0 Å². The number of sulfonamides is 1. The first-order valence-corrected chi connectivity index (χ1v) is 12.2. The molecule has 0 saturated heterocycles. The average molecular weight is 503 g/mol. The van der Waals surface area contributed by atoms with Gasteiger partial charge in [-0.3, -0.25) is 9.10 Å². The largest absolute Gasteiger partial charge is 0.493 e. The SMILES string of the molecule is COc1ccc(CNC(=O)[C@H]2CN(S(=O)(=O)c3ccccc3)c3cc(Cl)ccc3O2)cc1OC. The summed E-state index contributed by atoms with van der Waals surface area (Å²) in [5.74, 6) is 0.907. The minimum absolute atomic E-state index is 0.104. The summed E-state index contributed by atoms with van der Waals surface area (Å²) in [6, 6.07) is 17.9. The maximum atomic E-state index is 13.4. The number of halogens is 1. The van der Waals surface area contributed by atoms with Gasteiger partial charge in [-0.15, -0.1) is 0 Å². The molecule has 0 unspecified atom stereocenters. The van der Waals surface area contributed by atoms with Gasteiger partial charge in [-0.25, -0.2) is 8.42 Å². The minimum Gasteiger partial charge on any atom is -0.493 e. The topological polar surface area (TPSA) is 94.2 Å². The molecule has 0 saturated carbocycles. The van der Waals surface area contributed by atoms with E-state index < -0.39 is 22.0 Å². The van der Waals surface area contributed by atoms with E-state index in [0.717, 1.165) is 9.87 Å². The van der Waals surface area contributed by atoms with Gasteiger partial charge in [-0.2, -0.15) is 0 Å². The maximum absolute atomic E-state index is 13.4. The Bertz CT molecular complexity index is 1300. The van der Waals surface area contributed by atoms with Gasteiger partial charge < -0.3 is 19.5 Å². The van der Waals surface area contributed by atoms with Crippen LogP contribution in [0.15, 0.2) is 71.6 Å². The number of nitrogens with one attached hydrogen (secondary N) is 1. The van der Waals surface area contributed by atoms with Crippen LogP contribution in [0.3, 0.4) is 0 Å². The molecule has 1 heterocycles. The molecule has 0 fully saturated rings. The van der Waals surface area contributed by atoms with Crippen molar-refractivity contribution in [2.75, 3.05) is 25.1 Å². The lowest BCUT2D eigenvalue weighted by Crippen LogP contribution is -2.50. The minimum atomic E-state index is -3.96. The van der Waals surface area contributed by atoms with Crippen LogP contribution >= 0.6 is 11.6 Å². The highest BCUT2D eigenvalue weighted by atomic mass is 35.5. The molecule has 10 heteroatoms. The van der Waals surface area contributed by atoms with Crippen molar-refractivity contribution in [2.24, 2.45) is 0 Å². The molecule has 0 spiro atoms. The van der Waals surface area contributed by atoms with Gasteiger partial charge in [0.15, 0.2) is 17.6 Å². The normalized spacial score (nSPS) is 15.1. The van der Waals surface area contributed by atoms with Crippen molar-refractivity contribution in [3.63, 3.8) is 0 Å². The molecule has 0 radical (unpaired) electrons. The third-order valence-electron chi connectivity index (χ3n) is 5.33. The number of ether oxygens (including phenoxy) is 3. The molecule has 3 aromatic rings. The number of carbonyl (C=O) groups is 1. The van der Waals surface area contributed by atoms with E-state index >= 15 is 0 Å². The van der Waals surface area contributed by atoms with Gasteiger partial charge in [0.05, 0.1) is 31.3 Å². The van der Waals surface area contributed by atoms with Gasteiger partial charge in [0.2, 0.25) is 0 Å². The molecule has 0 aliphatic carbocycles. The van der Waals surface area contributed by atoms with Crippen LogP contribution in [0.5, 0.6) is 17.2 Å². The first-order chi connectivity index (χ1) is 16.3. The molecule has 0 bridgehead atoms. The second-order valence-electron chi connectivity index (χ2n) is 7.47. The number of carbonyl (C=O) groups excluding carboxylic acids is 1. The van der Waals surface area contributed by atoms with E-state index in [1.807, 2.05) is 0 Å². The number of fused-ring (bicyclic) bond motifs is 1. The smallest absolute Gasteiger partial charge is 0.264 e. The van der Waals surface area contributed by atoms with Crippen molar-refractivity contribution in [1.29, 1.82) is 0 Å². The molecule has 178 valence electrons. The first kappa shape index (κ1) is 23.7. The van der Waals surface area contributed by atoms with E-state index in [9.17, 15) is 13.2 Å². The molecule has 1 aliphatic rings. The van der Waals surface area contributed by atoms with Crippen LogP contribution in [0.4, 0.5) is 5.69 Å². The monoisotopic (exact) mass is 502 g/mol. The van der Waals surface area contributed by atoms with E-state index in [1.165, 1.54) is 25.3 Å². The average Bonchev–Trinajstić information content (AvgIpc) is 2.86. The summed E-state index contributed by atoms with van der Waals surface area (Å²) < 4.78 is 44.4. The summed E-state index contributed by atoms with van der Waals surface area (Å²) in [4.78, 5) is 13.1. The Kier molecular flexibility index (Phi) is 6.85. The predicted molar refractivity (Wildman–Crippen MR) is 128 cm³/mol. The van der Waals surface area contributed by atoms with Crippen molar-refractivity contribution >= 4 is 33.2 Å². The van der Waals surface area contributed by atoms with Crippen LogP contribution in [0.25, 0.3) is 0 Å². The van der Waals surface area contributed by atoms with Gasteiger partial charge in [0, 0.05) is 11.6 Å². The Labute approximate surface area is 203 Å². The number of rotatable bonds is 7. The highest BCUT2D eigenvalue weighted by Gasteiger charge is 2.37. The standard InChI is InChI=1S/C24H23ClN2O6S/c1-31-21-10-8-16(12-22(21)32-2)14-26-24(28)23-15-27(19-13-17(25)9-11-20(19)33-23)34(29,30)18-6-4-3-5-7-18/h3-13,23H,14-15H2,1-2H3,(H,26,28)/t23-/m1/s1. The molecule has 8 nitrogen and oxygen atoms in total. The number of anilines is 1. The summed E-state index contributed by atoms with van der Waals surface area (Å²) in [6.45, 7) is -0.0136. The maximum Gasteiger partial charge on any atom is 0.264 e. The van der Waals surface area contributed by atoms with Gasteiger partial charge in [-0.05, 0) is 48.0 Å². The van der Waals surface area contributed by atoms with E-state index in [2.05, 4.69) is 5.32 Å². The molecule has 1 N–H and O–H groups in total. The second kappa shape index (κ2) is 9.82. The van der Waals surface area contributed by atoms with Crippen LogP contribution in [0.2, 0.25) is 5.02 Å². The molecule has 3 aromatic carbocycles. The molecule has 34 heavy (non-hydrogen) atoms. The lowest BCUT2D eigenvalue weighted by Gasteiger charge is -2.34. The van der Waals surface area contributed by atoms with Crippen LogP contribution in [0.1, 0.15) is 5.56 Å².